The molecular weight excluding hydrogens is 272 g/mol. The molecule has 5 heteroatoms. The Morgan fingerprint density at radius 3 is 2.76 bits per heavy atom. The number of ether oxygens (including phenoxy) is 4. The molecule has 0 N–H and O–H groups in total. The van der Waals surface area contributed by atoms with Gasteiger partial charge in [0.15, 0.2) is 17.8 Å². The van der Waals surface area contributed by atoms with Gasteiger partial charge in [0.1, 0.15) is 18.1 Å². The molecule has 5 nitrogen and oxygen atoms in total. The molecule has 0 fully saturated rings. The second-order valence-electron chi connectivity index (χ2n) is 4.50. The van der Waals surface area contributed by atoms with Crippen LogP contribution in [-0.2, 0) is 6.61 Å². The Hall–Kier alpha value is -2.69. The maximum Gasteiger partial charge on any atom is 0.231 e. The Labute approximate surface area is 122 Å². The maximum absolute atomic E-state index is 11.1. The van der Waals surface area contributed by atoms with Crippen molar-refractivity contribution < 1.29 is 23.7 Å². The van der Waals surface area contributed by atoms with Crippen LogP contribution in [0, 0.1) is 0 Å². The van der Waals surface area contributed by atoms with Gasteiger partial charge in [0.25, 0.3) is 0 Å². The minimum absolute atomic E-state index is 0.160. The summed E-state index contributed by atoms with van der Waals surface area (Å²) >= 11 is 0. The van der Waals surface area contributed by atoms with Crippen molar-refractivity contribution in [1.82, 2.24) is 0 Å². The highest BCUT2D eigenvalue weighted by Gasteiger charge is 2.17. The van der Waals surface area contributed by atoms with E-state index in [4.69, 9.17) is 18.9 Å². The monoisotopic (exact) mass is 286 g/mol. The van der Waals surface area contributed by atoms with Crippen molar-refractivity contribution in [2.75, 3.05) is 13.9 Å². The van der Waals surface area contributed by atoms with E-state index in [1.165, 1.54) is 0 Å². The van der Waals surface area contributed by atoms with Crippen LogP contribution in [0.1, 0.15) is 15.9 Å². The molecule has 0 unspecified atom stereocenters. The van der Waals surface area contributed by atoms with Gasteiger partial charge in [-0.05, 0) is 23.8 Å². The normalized spacial score (nSPS) is 12.0. The van der Waals surface area contributed by atoms with Crippen molar-refractivity contribution in [3.8, 4) is 23.0 Å². The largest absolute Gasteiger partial charge is 0.497 e. The van der Waals surface area contributed by atoms with Crippen LogP contribution >= 0.6 is 0 Å². The number of rotatable bonds is 5. The van der Waals surface area contributed by atoms with E-state index >= 15 is 0 Å². The first-order chi connectivity index (χ1) is 10.3. The highest BCUT2D eigenvalue weighted by Crippen LogP contribution is 2.37. The maximum atomic E-state index is 11.1. The number of aldehydes is 1. The number of hydrogen-bond donors (Lipinski definition) is 0. The topological polar surface area (TPSA) is 54.0 Å². The third-order valence-corrected chi connectivity index (χ3v) is 3.16. The Morgan fingerprint density at radius 1 is 1.19 bits per heavy atom. The number of hydrogen-bond acceptors (Lipinski definition) is 5. The lowest BCUT2D eigenvalue weighted by molar-refractivity contribution is 0.111. The van der Waals surface area contributed by atoms with Gasteiger partial charge < -0.3 is 18.9 Å². The number of carbonyl (C=O) groups is 1. The van der Waals surface area contributed by atoms with E-state index in [9.17, 15) is 4.79 Å². The zero-order chi connectivity index (χ0) is 14.7. The second kappa shape index (κ2) is 5.75. The van der Waals surface area contributed by atoms with E-state index in [1.807, 2.05) is 24.3 Å². The smallest absolute Gasteiger partial charge is 0.231 e. The summed E-state index contributed by atoms with van der Waals surface area (Å²) in [7, 11) is 1.61. The number of methoxy groups -OCH3 is 1. The summed E-state index contributed by atoms with van der Waals surface area (Å²) in [5.74, 6) is 2.38. The molecule has 108 valence electrons. The van der Waals surface area contributed by atoms with Gasteiger partial charge in [-0.15, -0.1) is 0 Å². The van der Waals surface area contributed by atoms with Gasteiger partial charge in [0.05, 0.1) is 12.7 Å². The molecule has 0 radical (unpaired) electrons. The van der Waals surface area contributed by atoms with Gasteiger partial charge in [-0.3, -0.25) is 4.79 Å². The van der Waals surface area contributed by atoms with Crippen LogP contribution in [-0.4, -0.2) is 20.2 Å². The Bertz CT molecular complexity index is 666. The molecule has 0 aromatic heterocycles. The van der Waals surface area contributed by atoms with E-state index in [1.54, 1.807) is 19.2 Å². The summed E-state index contributed by atoms with van der Waals surface area (Å²) in [6.07, 6.45) is 0.739. The van der Waals surface area contributed by atoms with Crippen LogP contribution in [0.25, 0.3) is 0 Å². The van der Waals surface area contributed by atoms with Crippen LogP contribution in [0.3, 0.4) is 0 Å². The first-order valence-electron chi connectivity index (χ1n) is 6.44. The number of benzene rings is 2. The summed E-state index contributed by atoms with van der Waals surface area (Å²) in [6.45, 7) is 0.491. The lowest BCUT2D eigenvalue weighted by Gasteiger charge is -2.10. The lowest BCUT2D eigenvalue weighted by atomic mass is 10.2. The van der Waals surface area contributed by atoms with E-state index in [0.29, 0.717) is 29.4 Å². The average Bonchev–Trinajstić information content (AvgIpc) is 2.99. The first kappa shape index (κ1) is 13.3. The quantitative estimate of drug-likeness (QED) is 0.791. The lowest BCUT2D eigenvalue weighted by Crippen LogP contribution is -1.99. The van der Waals surface area contributed by atoms with E-state index in [-0.39, 0.29) is 6.79 Å². The second-order valence-corrected chi connectivity index (χ2v) is 4.50. The number of carbonyl (C=O) groups excluding carboxylic acids is 1. The van der Waals surface area contributed by atoms with Crippen molar-refractivity contribution in [1.29, 1.82) is 0 Å². The van der Waals surface area contributed by atoms with Crippen molar-refractivity contribution in [3.63, 3.8) is 0 Å². The van der Waals surface area contributed by atoms with Crippen LogP contribution in [0.15, 0.2) is 36.4 Å². The average molecular weight is 286 g/mol. The van der Waals surface area contributed by atoms with Gasteiger partial charge in [0, 0.05) is 6.07 Å². The fraction of sp³-hybridized carbons (Fsp3) is 0.188. The highest BCUT2D eigenvalue weighted by atomic mass is 16.7. The standard InChI is InChI=1S/C16H14O5/c1-18-13-4-2-3-11(5-13)9-19-14-7-16-15(20-10-21-16)6-12(14)8-17/h2-8H,9-10H2,1H3. The molecule has 0 amide bonds. The summed E-state index contributed by atoms with van der Waals surface area (Å²) < 4.78 is 21.4. The molecule has 0 spiro atoms. The van der Waals surface area contributed by atoms with Crippen LogP contribution in [0.2, 0.25) is 0 Å². The van der Waals surface area contributed by atoms with E-state index in [2.05, 4.69) is 0 Å². The fourth-order valence-electron chi connectivity index (χ4n) is 2.08. The molecule has 2 aromatic carbocycles. The molecular formula is C16H14O5. The molecule has 2 aromatic rings. The Balaban J connectivity index is 1.79. The third kappa shape index (κ3) is 2.76. The summed E-state index contributed by atoms with van der Waals surface area (Å²) in [4.78, 5) is 11.1. The van der Waals surface area contributed by atoms with Crippen molar-refractivity contribution >= 4 is 6.29 Å². The van der Waals surface area contributed by atoms with Crippen LogP contribution in [0.4, 0.5) is 0 Å². The fourth-order valence-corrected chi connectivity index (χ4v) is 2.08. The minimum atomic E-state index is 0.160. The van der Waals surface area contributed by atoms with Gasteiger partial charge in [-0.1, -0.05) is 12.1 Å². The molecule has 0 saturated heterocycles. The summed E-state index contributed by atoms with van der Waals surface area (Å²) in [6, 6.07) is 10.9. The minimum Gasteiger partial charge on any atom is -0.497 e. The zero-order valence-corrected chi connectivity index (χ0v) is 11.5. The number of fused-ring (bicyclic) bond motifs is 1. The van der Waals surface area contributed by atoms with Crippen LogP contribution in [0.5, 0.6) is 23.0 Å². The molecule has 1 heterocycles. The molecule has 1 aliphatic heterocycles. The van der Waals surface area contributed by atoms with Gasteiger partial charge in [-0.25, -0.2) is 0 Å². The molecule has 21 heavy (non-hydrogen) atoms. The van der Waals surface area contributed by atoms with Gasteiger partial charge in [0.2, 0.25) is 6.79 Å². The molecule has 0 aliphatic carbocycles. The molecule has 0 saturated carbocycles. The predicted molar refractivity (Wildman–Crippen MR) is 75.3 cm³/mol. The predicted octanol–water partition coefficient (Wildman–Crippen LogP) is 2.82. The Morgan fingerprint density at radius 2 is 2.00 bits per heavy atom. The van der Waals surface area contributed by atoms with Crippen molar-refractivity contribution in [3.05, 3.63) is 47.5 Å². The van der Waals surface area contributed by atoms with Gasteiger partial charge in [-0.2, -0.15) is 0 Å². The highest BCUT2D eigenvalue weighted by molar-refractivity contribution is 5.81. The van der Waals surface area contributed by atoms with E-state index < -0.39 is 0 Å². The van der Waals surface area contributed by atoms with Gasteiger partial charge >= 0.3 is 0 Å². The van der Waals surface area contributed by atoms with E-state index in [0.717, 1.165) is 17.6 Å². The summed E-state index contributed by atoms with van der Waals surface area (Å²) in [5.41, 5.74) is 1.38. The first-order valence-corrected chi connectivity index (χ1v) is 6.44. The Kier molecular flexibility index (Phi) is 3.64. The molecule has 0 atom stereocenters. The summed E-state index contributed by atoms with van der Waals surface area (Å²) in [5, 5.41) is 0. The third-order valence-electron chi connectivity index (χ3n) is 3.16. The van der Waals surface area contributed by atoms with Crippen molar-refractivity contribution in [2.45, 2.75) is 6.61 Å². The molecule has 1 aliphatic rings. The molecule has 3 rings (SSSR count). The van der Waals surface area contributed by atoms with Crippen molar-refractivity contribution in [2.24, 2.45) is 0 Å². The van der Waals surface area contributed by atoms with Crippen LogP contribution < -0.4 is 18.9 Å². The SMILES string of the molecule is COc1cccc(COc2cc3c(cc2C=O)OCO3)c1. The molecule has 0 bridgehead atoms. The zero-order valence-electron chi connectivity index (χ0n) is 11.5.